The van der Waals surface area contributed by atoms with E-state index in [1.54, 1.807) is 34.6 Å². The van der Waals surface area contributed by atoms with Gasteiger partial charge in [-0.2, -0.15) is 0 Å². The molecule has 118 valence electrons. The highest BCUT2D eigenvalue weighted by Gasteiger charge is 2.51. The Morgan fingerprint density at radius 2 is 1.71 bits per heavy atom. The molecular formula is C14H23N3O4. The SMILES string of the molecule is CCC1(CC)C(=O)NC(=O)N(CC(=O)NC(C)(C)C)C1=O. The summed E-state index contributed by atoms with van der Waals surface area (Å²) in [5.74, 6) is -1.64. The first-order valence-electron chi connectivity index (χ1n) is 7.05. The molecule has 0 atom stereocenters. The van der Waals surface area contributed by atoms with Gasteiger partial charge in [-0.05, 0) is 33.6 Å². The zero-order chi connectivity index (χ0) is 16.4. The van der Waals surface area contributed by atoms with E-state index < -0.39 is 41.3 Å². The average molecular weight is 297 g/mol. The van der Waals surface area contributed by atoms with Gasteiger partial charge in [-0.15, -0.1) is 0 Å². The van der Waals surface area contributed by atoms with Crippen LogP contribution in [-0.4, -0.2) is 40.7 Å². The molecule has 1 saturated heterocycles. The lowest BCUT2D eigenvalue weighted by Crippen LogP contribution is -2.65. The highest BCUT2D eigenvalue weighted by Crippen LogP contribution is 2.32. The van der Waals surface area contributed by atoms with Crippen molar-refractivity contribution >= 4 is 23.8 Å². The van der Waals surface area contributed by atoms with E-state index >= 15 is 0 Å². The van der Waals surface area contributed by atoms with E-state index in [2.05, 4.69) is 10.6 Å². The maximum atomic E-state index is 12.5. The summed E-state index contributed by atoms with van der Waals surface area (Å²) in [4.78, 5) is 49.0. The van der Waals surface area contributed by atoms with Crippen LogP contribution in [0, 0.1) is 5.41 Å². The van der Waals surface area contributed by atoms with E-state index in [0.29, 0.717) is 0 Å². The molecule has 5 amide bonds. The van der Waals surface area contributed by atoms with Crippen molar-refractivity contribution in [1.29, 1.82) is 0 Å². The Balaban J connectivity index is 2.96. The first kappa shape index (κ1) is 17.1. The second-order valence-electron chi connectivity index (χ2n) is 6.24. The van der Waals surface area contributed by atoms with Crippen LogP contribution in [0.5, 0.6) is 0 Å². The Labute approximate surface area is 124 Å². The number of urea groups is 1. The third-order valence-electron chi connectivity index (χ3n) is 3.58. The Bertz CT molecular complexity index is 475. The minimum atomic E-state index is -1.27. The molecular weight excluding hydrogens is 274 g/mol. The Morgan fingerprint density at radius 3 is 2.14 bits per heavy atom. The highest BCUT2D eigenvalue weighted by atomic mass is 16.2. The summed E-state index contributed by atoms with van der Waals surface area (Å²) < 4.78 is 0. The summed E-state index contributed by atoms with van der Waals surface area (Å²) in [5.41, 5.74) is -1.73. The highest BCUT2D eigenvalue weighted by molar-refractivity contribution is 6.19. The molecule has 0 aromatic heterocycles. The fourth-order valence-electron chi connectivity index (χ4n) is 2.35. The maximum Gasteiger partial charge on any atom is 0.331 e. The van der Waals surface area contributed by atoms with Crippen LogP contribution in [0.25, 0.3) is 0 Å². The molecule has 1 aliphatic rings. The minimum absolute atomic E-state index is 0.277. The first-order valence-corrected chi connectivity index (χ1v) is 7.05. The van der Waals surface area contributed by atoms with Crippen LogP contribution in [0.1, 0.15) is 47.5 Å². The van der Waals surface area contributed by atoms with Crippen molar-refractivity contribution in [2.45, 2.75) is 53.0 Å². The number of carbonyl (C=O) groups excluding carboxylic acids is 4. The van der Waals surface area contributed by atoms with Gasteiger partial charge in [-0.25, -0.2) is 4.79 Å². The monoisotopic (exact) mass is 297 g/mol. The molecule has 0 aromatic carbocycles. The number of carbonyl (C=O) groups is 4. The van der Waals surface area contributed by atoms with Gasteiger partial charge in [0.2, 0.25) is 17.7 Å². The lowest BCUT2D eigenvalue weighted by molar-refractivity contribution is -0.153. The smallest absolute Gasteiger partial charge is 0.331 e. The van der Waals surface area contributed by atoms with Crippen LogP contribution >= 0.6 is 0 Å². The molecule has 1 fully saturated rings. The number of hydrogen-bond donors (Lipinski definition) is 2. The number of amides is 5. The fraction of sp³-hybridized carbons (Fsp3) is 0.714. The molecule has 21 heavy (non-hydrogen) atoms. The summed E-state index contributed by atoms with van der Waals surface area (Å²) >= 11 is 0. The molecule has 1 aliphatic heterocycles. The molecule has 0 aromatic rings. The van der Waals surface area contributed by atoms with Crippen molar-refractivity contribution < 1.29 is 19.2 Å². The van der Waals surface area contributed by atoms with Crippen molar-refractivity contribution in [3.05, 3.63) is 0 Å². The van der Waals surface area contributed by atoms with E-state index in [4.69, 9.17) is 0 Å². The van der Waals surface area contributed by atoms with Gasteiger partial charge in [0.25, 0.3) is 0 Å². The summed E-state index contributed by atoms with van der Waals surface area (Å²) in [5, 5.41) is 4.85. The number of nitrogens with one attached hydrogen (secondary N) is 2. The van der Waals surface area contributed by atoms with Crippen molar-refractivity contribution in [3.8, 4) is 0 Å². The zero-order valence-corrected chi connectivity index (χ0v) is 13.2. The minimum Gasteiger partial charge on any atom is -0.350 e. The van der Waals surface area contributed by atoms with Crippen LogP contribution in [0.4, 0.5) is 4.79 Å². The van der Waals surface area contributed by atoms with Gasteiger partial charge < -0.3 is 5.32 Å². The van der Waals surface area contributed by atoms with Crippen LogP contribution in [0.2, 0.25) is 0 Å². The van der Waals surface area contributed by atoms with E-state index in [-0.39, 0.29) is 12.8 Å². The van der Waals surface area contributed by atoms with Crippen molar-refractivity contribution in [2.24, 2.45) is 5.41 Å². The molecule has 0 bridgehead atoms. The number of hydrogen-bond acceptors (Lipinski definition) is 4. The molecule has 0 radical (unpaired) electrons. The second kappa shape index (κ2) is 5.83. The van der Waals surface area contributed by atoms with Crippen molar-refractivity contribution in [1.82, 2.24) is 15.5 Å². The van der Waals surface area contributed by atoms with Gasteiger partial charge in [0.05, 0.1) is 0 Å². The third-order valence-corrected chi connectivity index (χ3v) is 3.58. The van der Waals surface area contributed by atoms with Crippen LogP contribution in [0.15, 0.2) is 0 Å². The Morgan fingerprint density at radius 1 is 1.19 bits per heavy atom. The zero-order valence-electron chi connectivity index (χ0n) is 13.2. The second-order valence-corrected chi connectivity index (χ2v) is 6.24. The third kappa shape index (κ3) is 3.40. The Hall–Kier alpha value is -1.92. The van der Waals surface area contributed by atoms with Gasteiger partial charge >= 0.3 is 6.03 Å². The summed E-state index contributed by atoms with van der Waals surface area (Å²) in [6.07, 6.45) is 0.553. The van der Waals surface area contributed by atoms with Gasteiger partial charge in [0.15, 0.2) is 0 Å². The van der Waals surface area contributed by atoms with Gasteiger partial charge in [0.1, 0.15) is 12.0 Å². The Kier molecular flexibility index (Phi) is 4.76. The quantitative estimate of drug-likeness (QED) is 0.750. The van der Waals surface area contributed by atoms with Crippen molar-refractivity contribution in [2.75, 3.05) is 6.54 Å². The molecule has 0 spiro atoms. The molecule has 1 heterocycles. The lowest BCUT2D eigenvalue weighted by atomic mass is 9.78. The lowest BCUT2D eigenvalue weighted by Gasteiger charge is -2.38. The molecule has 0 unspecified atom stereocenters. The summed E-state index contributed by atoms with van der Waals surface area (Å²) in [6.45, 7) is 8.43. The van der Waals surface area contributed by atoms with Crippen LogP contribution < -0.4 is 10.6 Å². The summed E-state index contributed by atoms with van der Waals surface area (Å²) in [6, 6.07) is -0.841. The van der Waals surface area contributed by atoms with Gasteiger partial charge in [0, 0.05) is 5.54 Å². The largest absolute Gasteiger partial charge is 0.350 e. The molecule has 0 aliphatic carbocycles. The predicted octanol–water partition coefficient (Wildman–Crippen LogP) is 0.786. The van der Waals surface area contributed by atoms with E-state index in [1.807, 2.05) is 0 Å². The van der Waals surface area contributed by atoms with Crippen LogP contribution in [-0.2, 0) is 14.4 Å². The normalized spacial score (nSPS) is 18.5. The molecule has 1 rings (SSSR count). The maximum absolute atomic E-state index is 12.5. The standard InChI is InChI=1S/C14H23N3O4/c1-6-14(7-2)10(19)15-12(21)17(11(14)20)8-9(18)16-13(3,4)5/h6-8H2,1-5H3,(H,16,18)(H,15,19,21). The molecule has 7 heteroatoms. The number of rotatable bonds is 4. The van der Waals surface area contributed by atoms with Gasteiger partial charge in [-0.1, -0.05) is 13.8 Å². The fourth-order valence-corrected chi connectivity index (χ4v) is 2.35. The van der Waals surface area contributed by atoms with E-state index in [1.165, 1.54) is 0 Å². The molecule has 2 N–H and O–H groups in total. The summed E-state index contributed by atoms with van der Waals surface area (Å²) in [7, 11) is 0. The number of barbiturate groups is 1. The number of nitrogens with zero attached hydrogens (tertiary/aromatic N) is 1. The number of imide groups is 2. The average Bonchev–Trinajstić information content (AvgIpc) is 2.34. The van der Waals surface area contributed by atoms with Crippen molar-refractivity contribution in [3.63, 3.8) is 0 Å². The molecule has 7 nitrogen and oxygen atoms in total. The van der Waals surface area contributed by atoms with E-state index in [0.717, 1.165) is 4.90 Å². The topological polar surface area (TPSA) is 95.6 Å². The first-order chi connectivity index (χ1) is 9.57. The predicted molar refractivity (Wildman–Crippen MR) is 76.2 cm³/mol. The van der Waals surface area contributed by atoms with Gasteiger partial charge in [-0.3, -0.25) is 24.6 Å². The molecule has 0 saturated carbocycles. The van der Waals surface area contributed by atoms with Crippen LogP contribution in [0.3, 0.4) is 0 Å². The van der Waals surface area contributed by atoms with E-state index in [9.17, 15) is 19.2 Å².